The zero-order valence-corrected chi connectivity index (χ0v) is 13.3. The maximum atomic E-state index is 12.0. The molecule has 1 N–H and O–H groups in total. The van der Waals surface area contributed by atoms with Crippen molar-refractivity contribution in [3.8, 4) is 0 Å². The van der Waals surface area contributed by atoms with Crippen molar-refractivity contribution in [3.05, 3.63) is 64.1 Å². The zero-order valence-electron chi connectivity index (χ0n) is 11.7. The van der Waals surface area contributed by atoms with Gasteiger partial charge >= 0.3 is 0 Å². The molecule has 0 atom stereocenters. The molecule has 108 valence electrons. The van der Waals surface area contributed by atoms with Gasteiger partial charge in [0.1, 0.15) is 0 Å². The Bertz CT molecular complexity index is 650. The molecule has 2 aromatic rings. The molecule has 0 saturated carbocycles. The molecule has 3 nitrogen and oxygen atoms in total. The summed E-state index contributed by atoms with van der Waals surface area (Å²) in [6, 6.07) is 14.7. The molecule has 0 aliphatic heterocycles. The number of nitrogens with one attached hydrogen (secondary N) is 1. The lowest BCUT2D eigenvalue weighted by Gasteiger charge is -2.06. The summed E-state index contributed by atoms with van der Waals surface area (Å²) >= 11 is 3.32. The van der Waals surface area contributed by atoms with Crippen molar-refractivity contribution in [2.75, 3.05) is 5.32 Å². The first-order chi connectivity index (χ1) is 10.0. The number of halogens is 1. The summed E-state index contributed by atoms with van der Waals surface area (Å²) in [6.07, 6.45) is 0.391. The van der Waals surface area contributed by atoms with Crippen LogP contribution in [0.5, 0.6) is 0 Å². The summed E-state index contributed by atoms with van der Waals surface area (Å²) in [6.45, 7) is 1.96. The van der Waals surface area contributed by atoms with Crippen LogP contribution in [0.25, 0.3) is 0 Å². The van der Waals surface area contributed by atoms with E-state index in [1.165, 1.54) is 0 Å². The number of benzene rings is 2. The molecule has 2 aromatic carbocycles. The highest BCUT2D eigenvalue weighted by atomic mass is 79.9. The van der Waals surface area contributed by atoms with Crippen molar-refractivity contribution < 1.29 is 9.59 Å². The number of Topliss-reactive ketones (excluding diaryl/α,β-unsaturated/α-hetero) is 1. The Hall–Kier alpha value is -1.94. The van der Waals surface area contributed by atoms with E-state index in [0.29, 0.717) is 5.56 Å². The Kier molecular flexibility index (Phi) is 5.28. The third kappa shape index (κ3) is 4.83. The Morgan fingerprint density at radius 1 is 1.05 bits per heavy atom. The summed E-state index contributed by atoms with van der Waals surface area (Å²) in [4.78, 5) is 23.8. The minimum Gasteiger partial charge on any atom is -0.326 e. The van der Waals surface area contributed by atoms with E-state index in [1.54, 1.807) is 12.1 Å². The van der Waals surface area contributed by atoms with Crippen molar-refractivity contribution >= 4 is 33.3 Å². The molecular formula is C17H16BrNO2. The summed E-state index contributed by atoms with van der Waals surface area (Å²) in [5.41, 5.74) is 2.47. The lowest BCUT2D eigenvalue weighted by molar-refractivity contribution is -0.116. The van der Waals surface area contributed by atoms with Crippen molar-refractivity contribution in [1.29, 1.82) is 0 Å². The monoisotopic (exact) mass is 345 g/mol. The van der Waals surface area contributed by atoms with Crippen LogP contribution in [0.4, 0.5) is 5.69 Å². The summed E-state index contributed by atoms with van der Waals surface area (Å²) < 4.78 is 0.927. The molecule has 0 radical (unpaired) electrons. The van der Waals surface area contributed by atoms with Crippen LogP contribution in [-0.2, 0) is 4.79 Å². The molecule has 0 fully saturated rings. The first kappa shape index (κ1) is 15.4. The minimum atomic E-state index is -0.147. The molecule has 21 heavy (non-hydrogen) atoms. The van der Waals surface area contributed by atoms with E-state index < -0.39 is 0 Å². The number of anilines is 1. The number of rotatable bonds is 5. The van der Waals surface area contributed by atoms with Gasteiger partial charge in [0.15, 0.2) is 5.78 Å². The van der Waals surface area contributed by atoms with Crippen LogP contribution >= 0.6 is 15.9 Å². The standard InChI is InChI=1S/C17H16BrNO2/c1-12-3-2-4-15(11-12)19-17(21)10-9-16(20)13-5-7-14(18)8-6-13/h2-8,11H,9-10H2,1H3,(H,19,21). The van der Waals surface area contributed by atoms with Gasteiger partial charge in [-0.15, -0.1) is 0 Å². The van der Waals surface area contributed by atoms with E-state index in [2.05, 4.69) is 21.2 Å². The number of hydrogen-bond acceptors (Lipinski definition) is 2. The molecule has 0 aliphatic rings. The molecule has 0 unspecified atom stereocenters. The van der Waals surface area contributed by atoms with Crippen LogP contribution in [0.15, 0.2) is 53.0 Å². The Morgan fingerprint density at radius 3 is 2.43 bits per heavy atom. The summed E-state index contributed by atoms with van der Waals surface area (Å²) in [5, 5.41) is 2.80. The van der Waals surface area contributed by atoms with Gasteiger partial charge in [0.25, 0.3) is 0 Å². The van der Waals surface area contributed by atoms with Crippen LogP contribution < -0.4 is 5.32 Å². The number of hydrogen-bond donors (Lipinski definition) is 1. The quantitative estimate of drug-likeness (QED) is 0.818. The first-order valence-corrected chi connectivity index (χ1v) is 7.49. The predicted molar refractivity (Wildman–Crippen MR) is 87.5 cm³/mol. The fourth-order valence-electron chi connectivity index (χ4n) is 1.95. The number of carbonyl (C=O) groups excluding carboxylic acids is 2. The molecule has 1 amide bonds. The van der Waals surface area contributed by atoms with Crippen LogP contribution in [-0.4, -0.2) is 11.7 Å². The molecule has 0 aromatic heterocycles. The third-order valence-corrected chi connectivity index (χ3v) is 3.58. The molecule has 2 rings (SSSR count). The second-order valence-electron chi connectivity index (χ2n) is 4.85. The van der Waals surface area contributed by atoms with Crippen molar-refractivity contribution in [2.45, 2.75) is 19.8 Å². The number of ketones is 1. The van der Waals surface area contributed by atoms with Gasteiger partial charge in [0, 0.05) is 28.6 Å². The fourth-order valence-corrected chi connectivity index (χ4v) is 2.22. The van der Waals surface area contributed by atoms with Crippen LogP contribution in [0, 0.1) is 6.92 Å². The molecule has 0 spiro atoms. The topological polar surface area (TPSA) is 46.2 Å². The van der Waals surface area contributed by atoms with Crippen LogP contribution in [0.1, 0.15) is 28.8 Å². The lowest BCUT2D eigenvalue weighted by Crippen LogP contribution is -2.13. The average molecular weight is 346 g/mol. The van der Waals surface area contributed by atoms with Gasteiger partial charge in [-0.05, 0) is 36.8 Å². The molecule has 0 saturated heterocycles. The third-order valence-electron chi connectivity index (χ3n) is 3.05. The molecular weight excluding hydrogens is 330 g/mol. The molecule has 0 aliphatic carbocycles. The van der Waals surface area contributed by atoms with E-state index in [1.807, 2.05) is 43.3 Å². The highest BCUT2D eigenvalue weighted by Gasteiger charge is 2.09. The lowest BCUT2D eigenvalue weighted by atomic mass is 10.1. The van der Waals surface area contributed by atoms with Crippen LogP contribution in [0.2, 0.25) is 0 Å². The molecule has 4 heteroatoms. The predicted octanol–water partition coefficient (Wildman–Crippen LogP) is 4.36. The molecule has 0 bridgehead atoms. The van der Waals surface area contributed by atoms with E-state index in [9.17, 15) is 9.59 Å². The largest absolute Gasteiger partial charge is 0.326 e. The minimum absolute atomic E-state index is 0.0260. The van der Waals surface area contributed by atoms with E-state index in [0.717, 1.165) is 15.7 Å². The van der Waals surface area contributed by atoms with Gasteiger partial charge in [-0.25, -0.2) is 0 Å². The number of amides is 1. The number of carbonyl (C=O) groups is 2. The maximum absolute atomic E-state index is 12.0. The van der Waals surface area contributed by atoms with Gasteiger partial charge in [-0.3, -0.25) is 9.59 Å². The highest BCUT2D eigenvalue weighted by Crippen LogP contribution is 2.14. The van der Waals surface area contributed by atoms with Crippen molar-refractivity contribution in [1.82, 2.24) is 0 Å². The Morgan fingerprint density at radius 2 is 1.76 bits per heavy atom. The van der Waals surface area contributed by atoms with E-state index in [-0.39, 0.29) is 24.5 Å². The van der Waals surface area contributed by atoms with Crippen LogP contribution in [0.3, 0.4) is 0 Å². The number of aryl methyl sites for hydroxylation is 1. The second-order valence-corrected chi connectivity index (χ2v) is 5.76. The fraction of sp³-hybridized carbons (Fsp3) is 0.176. The van der Waals surface area contributed by atoms with Gasteiger partial charge in [-0.2, -0.15) is 0 Å². The van der Waals surface area contributed by atoms with Gasteiger partial charge in [0.2, 0.25) is 5.91 Å². The highest BCUT2D eigenvalue weighted by molar-refractivity contribution is 9.10. The first-order valence-electron chi connectivity index (χ1n) is 6.70. The average Bonchev–Trinajstić information content (AvgIpc) is 2.45. The van der Waals surface area contributed by atoms with E-state index >= 15 is 0 Å². The Labute approximate surface area is 132 Å². The smallest absolute Gasteiger partial charge is 0.224 e. The van der Waals surface area contributed by atoms with Gasteiger partial charge in [0.05, 0.1) is 0 Å². The van der Waals surface area contributed by atoms with Gasteiger partial charge in [-0.1, -0.05) is 40.2 Å². The summed E-state index contributed by atoms with van der Waals surface area (Å²) in [5.74, 6) is -0.173. The molecule has 0 heterocycles. The zero-order chi connectivity index (χ0) is 15.2. The van der Waals surface area contributed by atoms with Crippen molar-refractivity contribution in [3.63, 3.8) is 0 Å². The normalized spacial score (nSPS) is 10.2. The van der Waals surface area contributed by atoms with Gasteiger partial charge < -0.3 is 5.32 Å². The maximum Gasteiger partial charge on any atom is 0.224 e. The Balaban J connectivity index is 1.86. The summed E-state index contributed by atoms with van der Waals surface area (Å²) in [7, 11) is 0. The second kappa shape index (κ2) is 7.18. The van der Waals surface area contributed by atoms with E-state index in [4.69, 9.17) is 0 Å². The van der Waals surface area contributed by atoms with Crippen molar-refractivity contribution in [2.24, 2.45) is 0 Å². The SMILES string of the molecule is Cc1cccc(NC(=O)CCC(=O)c2ccc(Br)cc2)c1.